The Morgan fingerprint density at radius 2 is 1.92 bits per heavy atom. The van der Waals surface area contributed by atoms with E-state index < -0.39 is 11.8 Å². The van der Waals surface area contributed by atoms with E-state index in [0.29, 0.717) is 5.82 Å². The molecule has 3 rings (SSSR count). The van der Waals surface area contributed by atoms with Gasteiger partial charge in [0.2, 0.25) is 0 Å². The van der Waals surface area contributed by atoms with Gasteiger partial charge in [-0.05, 0) is 36.4 Å². The van der Waals surface area contributed by atoms with E-state index in [9.17, 15) is 14.7 Å². The van der Waals surface area contributed by atoms with Crippen molar-refractivity contribution in [3.05, 3.63) is 71.1 Å². The number of hydrogen-bond donors (Lipinski definition) is 3. The highest BCUT2D eigenvalue weighted by Crippen LogP contribution is 2.21. The van der Waals surface area contributed by atoms with Gasteiger partial charge in [0, 0.05) is 23.6 Å². The summed E-state index contributed by atoms with van der Waals surface area (Å²) in [5, 5.41) is 14.0. The summed E-state index contributed by atoms with van der Waals surface area (Å²) in [5.74, 6) is -0.959. The minimum Gasteiger partial charge on any atom is -0.507 e. The Hall–Kier alpha value is -3.39. The van der Waals surface area contributed by atoms with Crippen LogP contribution in [-0.4, -0.2) is 31.7 Å². The number of aromatic nitrogens is 3. The van der Waals surface area contributed by atoms with E-state index in [-0.39, 0.29) is 21.9 Å². The van der Waals surface area contributed by atoms with Crippen LogP contribution in [0.5, 0.6) is 5.75 Å². The van der Waals surface area contributed by atoms with Crippen LogP contribution in [0.1, 0.15) is 20.7 Å². The molecule has 0 radical (unpaired) electrons. The monoisotopic (exact) mass is 357 g/mol. The first-order valence-corrected chi connectivity index (χ1v) is 7.47. The first-order valence-electron chi connectivity index (χ1n) is 7.10. The lowest BCUT2D eigenvalue weighted by molar-refractivity contribution is 0.0845. The van der Waals surface area contributed by atoms with Crippen LogP contribution in [0, 0.1) is 0 Å². The number of phenolic OH excluding ortho intramolecular Hbond substituents is 1. The molecule has 2 amide bonds. The van der Waals surface area contributed by atoms with Crippen LogP contribution >= 0.6 is 11.6 Å². The molecule has 0 aliphatic rings. The number of phenols is 1. The molecule has 0 bridgehead atoms. The lowest BCUT2D eigenvalue weighted by Gasteiger charge is -2.09. The Bertz CT molecular complexity index is 910. The molecule has 3 N–H and O–H groups in total. The number of carbonyl (C=O) groups is 2. The van der Waals surface area contributed by atoms with Crippen LogP contribution in [0.2, 0.25) is 5.02 Å². The van der Waals surface area contributed by atoms with Gasteiger partial charge in [0.15, 0.2) is 5.82 Å². The van der Waals surface area contributed by atoms with E-state index in [2.05, 4.69) is 20.9 Å². The van der Waals surface area contributed by atoms with Gasteiger partial charge in [-0.15, -0.1) is 0 Å². The molecule has 0 spiro atoms. The van der Waals surface area contributed by atoms with Crippen molar-refractivity contribution in [2.75, 3.05) is 0 Å². The zero-order chi connectivity index (χ0) is 17.8. The average molecular weight is 358 g/mol. The van der Waals surface area contributed by atoms with Gasteiger partial charge in [0.1, 0.15) is 5.75 Å². The third-order valence-electron chi connectivity index (χ3n) is 3.24. The fourth-order valence-electron chi connectivity index (χ4n) is 2.00. The van der Waals surface area contributed by atoms with Crippen molar-refractivity contribution in [1.82, 2.24) is 25.6 Å². The molecule has 0 fully saturated rings. The zero-order valence-corrected chi connectivity index (χ0v) is 13.4. The van der Waals surface area contributed by atoms with Crippen molar-refractivity contribution in [2.24, 2.45) is 0 Å². The van der Waals surface area contributed by atoms with E-state index in [0.717, 1.165) is 0 Å². The maximum Gasteiger partial charge on any atom is 0.273 e. The van der Waals surface area contributed by atoms with Gasteiger partial charge in [-0.2, -0.15) is 5.10 Å². The zero-order valence-electron chi connectivity index (χ0n) is 12.7. The predicted octanol–water partition coefficient (Wildman–Crippen LogP) is 1.70. The number of amides is 2. The molecule has 2 aromatic heterocycles. The minimum absolute atomic E-state index is 0.0556. The van der Waals surface area contributed by atoms with Crippen LogP contribution in [0.4, 0.5) is 0 Å². The van der Waals surface area contributed by atoms with E-state index in [4.69, 9.17) is 11.6 Å². The van der Waals surface area contributed by atoms with E-state index in [1.807, 2.05) is 0 Å². The van der Waals surface area contributed by atoms with Gasteiger partial charge in [-0.1, -0.05) is 11.6 Å². The second kappa shape index (κ2) is 7.02. The molecule has 8 nitrogen and oxygen atoms in total. The molecule has 0 saturated heterocycles. The molecular formula is C16H12ClN5O3. The molecule has 0 saturated carbocycles. The Morgan fingerprint density at radius 1 is 1.12 bits per heavy atom. The van der Waals surface area contributed by atoms with Crippen LogP contribution in [-0.2, 0) is 0 Å². The Kier molecular flexibility index (Phi) is 4.62. The number of pyridine rings is 1. The van der Waals surface area contributed by atoms with Crippen LogP contribution < -0.4 is 10.9 Å². The highest BCUT2D eigenvalue weighted by atomic mass is 35.5. The second-order valence-corrected chi connectivity index (χ2v) is 5.36. The Morgan fingerprint density at radius 3 is 2.60 bits per heavy atom. The maximum absolute atomic E-state index is 12.1. The molecule has 1 aromatic carbocycles. The Labute approximate surface area is 147 Å². The van der Waals surface area contributed by atoms with Crippen molar-refractivity contribution in [1.29, 1.82) is 0 Å². The van der Waals surface area contributed by atoms with Crippen molar-refractivity contribution in [2.45, 2.75) is 0 Å². The molecule has 0 aliphatic heterocycles. The SMILES string of the molecule is O=C(NNC(=O)c1cc(Cl)ccc1O)c1ccc(-n2cccn2)nc1. The molecule has 0 aliphatic carbocycles. The number of nitrogens with one attached hydrogen (secondary N) is 2. The van der Waals surface area contributed by atoms with E-state index in [1.165, 1.54) is 24.4 Å². The Balaban J connectivity index is 1.64. The number of benzene rings is 1. The van der Waals surface area contributed by atoms with Gasteiger partial charge >= 0.3 is 0 Å². The van der Waals surface area contributed by atoms with Crippen LogP contribution in [0.25, 0.3) is 5.82 Å². The summed E-state index contributed by atoms with van der Waals surface area (Å²) < 4.78 is 1.55. The number of rotatable bonds is 3. The first kappa shape index (κ1) is 16.5. The van der Waals surface area contributed by atoms with E-state index in [1.54, 1.807) is 35.3 Å². The van der Waals surface area contributed by atoms with Gasteiger partial charge in [0.05, 0.1) is 11.1 Å². The van der Waals surface area contributed by atoms with Crippen molar-refractivity contribution < 1.29 is 14.7 Å². The van der Waals surface area contributed by atoms with E-state index >= 15 is 0 Å². The van der Waals surface area contributed by atoms with Gasteiger partial charge in [0.25, 0.3) is 11.8 Å². The first-order chi connectivity index (χ1) is 12.0. The van der Waals surface area contributed by atoms with Crippen LogP contribution in [0.3, 0.4) is 0 Å². The molecule has 25 heavy (non-hydrogen) atoms. The van der Waals surface area contributed by atoms with Gasteiger partial charge < -0.3 is 5.11 Å². The molecule has 0 atom stereocenters. The third kappa shape index (κ3) is 3.75. The molecule has 0 unspecified atom stereocenters. The second-order valence-electron chi connectivity index (χ2n) is 4.93. The lowest BCUT2D eigenvalue weighted by atomic mass is 10.2. The average Bonchev–Trinajstić information content (AvgIpc) is 3.16. The summed E-state index contributed by atoms with van der Waals surface area (Å²) >= 11 is 5.78. The topological polar surface area (TPSA) is 109 Å². The highest BCUT2D eigenvalue weighted by molar-refractivity contribution is 6.31. The largest absolute Gasteiger partial charge is 0.507 e. The van der Waals surface area contributed by atoms with Gasteiger partial charge in [-0.3, -0.25) is 20.4 Å². The number of carbonyl (C=O) groups excluding carboxylic acids is 2. The molecule has 9 heteroatoms. The van der Waals surface area contributed by atoms with Crippen molar-refractivity contribution in [3.63, 3.8) is 0 Å². The molecule has 2 heterocycles. The smallest absolute Gasteiger partial charge is 0.273 e. The fraction of sp³-hybridized carbons (Fsp3) is 0. The number of nitrogens with zero attached hydrogens (tertiary/aromatic N) is 3. The highest BCUT2D eigenvalue weighted by Gasteiger charge is 2.13. The van der Waals surface area contributed by atoms with Crippen molar-refractivity contribution in [3.8, 4) is 11.6 Å². The molecule has 126 valence electrons. The summed E-state index contributed by atoms with van der Waals surface area (Å²) in [6, 6.07) is 8.94. The maximum atomic E-state index is 12.1. The fourth-order valence-corrected chi connectivity index (χ4v) is 2.18. The number of hydrogen-bond acceptors (Lipinski definition) is 5. The normalized spacial score (nSPS) is 10.3. The quantitative estimate of drug-likeness (QED) is 0.618. The number of halogens is 1. The predicted molar refractivity (Wildman–Crippen MR) is 89.4 cm³/mol. The minimum atomic E-state index is -0.700. The standard InChI is InChI=1S/C16H12ClN5O3/c17-11-3-4-13(23)12(8-11)16(25)21-20-15(24)10-2-5-14(18-9-10)22-7-1-6-19-22/h1-9,23H,(H,20,24)(H,21,25). The summed E-state index contributed by atoms with van der Waals surface area (Å²) in [4.78, 5) is 28.2. The molecule has 3 aromatic rings. The molecular weight excluding hydrogens is 346 g/mol. The summed E-state index contributed by atoms with van der Waals surface area (Å²) in [7, 11) is 0. The van der Waals surface area contributed by atoms with Gasteiger partial charge in [-0.25, -0.2) is 9.67 Å². The van der Waals surface area contributed by atoms with Crippen LogP contribution in [0.15, 0.2) is 55.0 Å². The van der Waals surface area contributed by atoms with Crippen molar-refractivity contribution >= 4 is 23.4 Å². The summed E-state index contributed by atoms with van der Waals surface area (Å²) in [5.41, 5.74) is 4.63. The third-order valence-corrected chi connectivity index (χ3v) is 3.48. The summed E-state index contributed by atoms with van der Waals surface area (Å²) in [6.45, 7) is 0. The lowest BCUT2D eigenvalue weighted by Crippen LogP contribution is -2.41. The number of aromatic hydroxyl groups is 1. The summed E-state index contributed by atoms with van der Waals surface area (Å²) in [6.07, 6.45) is 4.69. The number of hydrazine groups is 1.